The van der Waals surface area contributed by atoms with Crippen LogP contribution < -0.4 is 25.0 Å². The van der Waals surface area contributed by atoms with Crippen molar-refractivity contribution in [3.8, 4) is 23.0 Å². The SMILES string of the molecule is COc1c(O)c2c(c3cc(C(=O)N4CCc5c4c(O)c(OC)c4[nH]c(C(=O)N6CC7CC78C6=CC(O)=C6N=CC(C)=C68)cc54)[nH]c13)CCN2C(N)=O. The number of aliphatic hydroxyl groups is 1. The molecule has 1 saturated carbocycles. The molecule has 2 unspecified atom stereocenters. The number of primary amides is 1. The first kappa shape index (κ1) is 30.4. The number of methoxy groups -OCH3 is 2. The molecule has 2 atom stereocenters. The van der Waals surface area contributed by atoms with Crippen LogP contribution >= 0.6 is 0 Å². The van der Waals surface area contributed by atoms with E-state index >= 15 is 0 Å². The molecule has 2 aromatic carbocycles. The molecule has 2 aliphatic carbocycles. The Bertz CT molecular complexity index is 2550. The number of aliphatic hydroxyl groups excluding tert-OH is 1. The van der Waals surface area contributed by atoms with Crippen LogP contribution in [-0.4, -0.2) is 88.1 Å². The van der Waals surface area contributed by atoms with Crippen molar-refractivity contribution >= 4 is 57.2 Å². The quantitative estimate of drug-likeness (QED) is 0.181. The molecule has 6 heterocycles. The molecule has 52 heavy (non-hydrogen) atoms. The number of phenolic OH excluding ortho intramolecular Hbond substituents is 2. The Morgan fingerprint density at radius 3 is 2.02 bits per heavy atom. The van der Waals surface area contributed by atoms with Gasteiger partial charge in [-0.2, -0.15) is 0 Å². The lowest BCUT2D eigenvalue weighted by molar-refractivity contribution is 0.0805. The van der Waals surface area contributed by atoms with E-state index in [0.717, 1.165) is 23.3 Å². The fraction of sp³-hybridized carbons (Fsp3) is 0.297. The standard InChI is InChI=1S/C37H33N7O8/c1-14-12-39-27-22(45)10-23-37(24(14)27)11-15(37)13-44(23)35(49)21-9-18-16-4-6-42(28(16)30(46)32(51-2)25(18)41-21)34(48)20-8-19-17-5-7-43(36(38)50)29(17)31(47)33(52-3)26(19)40-20/h8-10,12,15,40-41,45-47H,4-7,11,13H2,1-3H3,(H2,38,50). The molecule has 4 aliphatic heterocycles. The van der Waals surface area contributed by atoms with Crippen molar-refractivity contribution in [3.63, 3.8) is 0 Å². The maximum absolute atomic E-state index is 14.3. The average Bonchev–Trinajstić information content (AvgIpc) is 3.85. The summed E-state index contributed by atoms with van der Waals surface area (Å²) in [5.41, 5.74) is 11.7. The Hall–Kier alpha value is -6.38. The van der Waals surface area contributed by atoms with Crippen molar-refractivity contribution in [1.82, 2.24) is 14.9 Å². The Labute approximate surface area is 294 Å². The van der Waals surface area contributed by atoms with E-state index in [2.05, 4.69) is 15.0 Å². The molecule has 0 radical (unpaired) electrons. The van der Waals surface area contributed by atoms with Crippen LogP contribution in [0.15, 0.2) is 51.5 Å². The maximum Gasteiger partial charge on any atom is 0.319 e. The number of piperidine rings is 1. The molecule has 1 saturated heterocycles. The Morgan fingerprint density at radius 1 is 0.885 bits per heavy atom. The maximum atomic E-state index is 14.3. The number of nitrogens with zero attached hydrogens (tertiary/aromatic N) is 4. The van der Waals surface area contributed by atoms with Crippen molar-refractivity contribution < 1.29 is 39.2 Å². The number of phenols is 2. The first-order chi connectivity index (χ1) is 25.0. The second-order valence-corrected chi connectivity index (χ2v) is 14.2. The third kappa shape index (κ3) is 3.54. The number of urea groups is 1. The first-order valence-corrected chi connectivity index (χ1v) is 17.0. The van der Waals surface area contributed by atoms with E-state index in [-0.39, 0.29) is 81.8 Å². The predicted molar refractivity (Wildman–Crippen MR) is 190 cm³/mol. The Balaban J connectivity index is 1.03. The lowest BCUT2D eigenvalue weighted by Gasteiger charge is -2.29. The van der Waals surface area contributed by atoms with Crippen molar-refractivity contribution in [2.75, 3.05) is 43.7 Å². The number of aromatic amines is 2. The van der Waals surface area contributed by atoms with Crippen LogP contribution in [0.2, 0.25) is 0 Å². The number of aromatic nitrogens is 2. The number of ether oxygens (including phenoxy) is 2. The lowest BCUT2D eigenvalue weighted by atomic mass is 9.83. The van der Waals surface area contributed by atoms with E-state index in [4.69, 9.17) is 15.2 Å². The van der Waals surface area contributed by atoms with Gasteiger partial charge in [0.25, 0.3) is 11.8 Å². The minimum absolute atomic E-state index is 0.0436. The third-order valence-electron chi connectivity index (χ3n) is 11.8. The highest BCUT2D eigenvalue weighted by Gasteiger charge is 2.68. The number of aliphatic imine (C=N–C) groups is 1. The van der Waals surface area contributed by atoms with E-state index in [0.29, 0.717) is 58.0 Å². The highest BCUT2D eigenvalue weighted by atomic mass is 16.5. The summed E-state index contributed by atoms with van der Waals surface area (Å²) in [5.74, 6) is -0.800. The number of nitrogens with two attached hydrogens (primary N) is 1. The van der Waals surface area contributed by atoms with Gasteiger partial charge < -0.3 is 50.3 Å². The van der Waals surface area contributed by atoms with Crippen molar-refractivity contribution in [3.05, 3.63) is 69.0 Å². The fourth-order valence-electron chi connectivity index (χ4n) is 9.53. The number of rotatable bonds is 4. The number of hydrogen-bond donors (Lipinski definition) is 6. The summed E-state index contributed by atoms with van der Waals surface area (Å²) in [6.45, 7) is 2.98. The lowest BCUT2D eigenvalue weighted by Crippen LogP contribution is -2.34. The minimum Gasteiger partial charge on any atom is -0.506 e. The van der Waals surface area contributed by atoms with Gasteiger partial charge in [0.05, 0.1) is 36.6 Å². The molecule has 10 rings (SSSR count). The second kappa shape index (κ2) is 9.90. The fourth-order valence-corrected chi connectivity index (χ4v) is 9.53. The number of carbonyl (C=O) groups is 3. The van der Waals surface area contributed by atoms with Crippen LogP contribution in [0.5, 0.6) is 23.0 Å². The van der Waals surface area contributed by atoms with Gasteiger partial charge in [0.15, 0.2) is 23.0 Å². The molecular weight excluding hydrogens is 670 g/mol. The summed E-state index contributed by atoms with van der Waals surface area (Å²) in [6.07, 6.45) is 5.12. The largest absolute Gasteiger partial charge is 0.506 e. The van der Waals surface area contributed by atoms with E-state index in [1.807, 2.05) is 6.92 Å². The smallest absolute Gasteiger partial charge is 0.319 e. The number of H-pyrrole nitrogens is 2. The molecule has 1 spiro atoms. The zero-order valence-corrected chi connectivity index (χ0v) is 28.4. The summed E-state index contributed by atoms with van der Waals surface area (Å²) in [7, 11) is 2.79. The van der Waals surface area contributed by atoms with Crippen molar-refractivity contribution in [2.24, 2.45) is 22.1 Å². The van der Waals surface area contributed by atoms with Gasteiger partial charge in [-0.25, -0.2) is 4.79 Å². The molecule has 2 fully saturated rings. The van der Waals surface area contributed by atoms with Gasteiger partial charge >= 0.3 is 6.03 Å². The predicted octanol–water partition coefficient (Wildman–Crippen LogP) is 4.25. The summed E-state index contributed by atoms with van der Waals surface area (Å²) in [5, 5.41) is 34.8. The molecule has 15 heteroatoms. The highest BCUT2D eigenvalue weighted by molar-refractivity contribution is 6.15. The van der Waals surface area contributed by atoms with Crippen LogP contribution in [0.25, 0.3) is 21.8 Å². The van der Waals surface area contributed by atoms with Crippen LogP contribution in [0.1, 0.15) is 45.4 Å². The van der Waals surface area contributed by atoms with E-state index in [9.17, 15) is 29.7 Å². The average molecular weight is 704 g/mol. The zero-order chi connectivity index (χ0) is 36.1. The summed E-state index contributed by atoms with van der Waals surface area (Å²) < 4.78 is 11.2. The number of likely N-dealkylation sites (tertiary alicyclic amines) is 1. The number of amides is 4. The van der Waals surface area contributed by atoms with E-state index < -0.39 is 11.9 Å². The molecule has 6 aliphatic rings. The van der Waals surface area contributed by atoms with Crippen LogP contribution in [0.3, 0.4) is 0 Å². The molecule has 4 amide bonds. The molecule has 264 valence electrons. The summed E-state index contributed by atoms with van der Waals surface area (Å²) in [6, 6.07) is 2.68. The van der Waals surface area contributed by atoms with Crippen molar-refractivity contribution in [2.45, 2.75) is 26.2 Å². The van der Waals surface area contributed by atoms with Gasteiger partial charge in [-0.1, -0.05) is 0 Å². The number of benzene rings is 2. The molecule has 2 aromatic heterocycles. The Kier molecular flexibility index (Phi) is 5.79. The van der Waals surface area contributed by atoms with Gasteiger partial charge in [-0.3, -0.25) is 19.5 Å². The number of fused-ring (bicyclic) bond motifs is 7. The van der Waals surface area contributed by atoms with Crippen molar-refractivity contribution in [1.29, 1.82) is 0 Å². The molecule has 15 nitrogen and oxygen atoms in total. The van der Waals surface area contributed by atoms with Gasteiger partial charge in [0.1, 0.15) is 22.8 Å². The van der Waals surface area contributed by atoms with Crippen LogP contribution in [-0.2, 0) is 12.8 Å². The normalized spacial score (nSPS) is 22.2. The molecule has 7 N–H and O–H groups in total. The number of allylic oxidation sites excluding steroid dienone is 4. The summed E-state index contributed by atoms with van der Waals surface area (Å²) in [4.78, 5) is 55.8. The minimum atomic E-state index is -0.713. The van der Waals surface area contributed by atoms with Crippen LogP contribution in [0.4, 0.5) is 16.2 Å². The van der Waals surface area contributed by atoms with E-state index in [1.54, 1.807) is 29.3 Å². The van der Waals surface area contributed by atoms with Gasteiger partial charge in [-0.15, -0.1) is 0 Å². The zero-order valence-electron chi connectivity index (χ0n) is 28.4. The Morgan fingerprint density at radius 2 is 1.44 bits per heavy atom. The number of nitrogens with one attached hydrogen (secondary N) is 2. The second-order valence-electron chi connectivity index (χ2n) is 14.2. The molecule has 4 aromatic rings. The number of aromatic hydroxyl groups is 2. The number of anilines is 2. The van der Waals surface area contributed by atoms with Gasteiger partial charge in [-0.05, 0) is 66.5 Å². The number of carbonyl (C=O) groups excluding carboxylic acids is 3. The molecule has 0 bridgehead atoms. The third-order valence-corrected chi connectivity index (χ3v) is 11.8. The molecular formula is C37H33N7O8. The van der Waals surface area contributed by atoms with Crippen LogP contribution in [0, 0.1) is 11.3 Å². The number of hydrogen-bond acceptors (Lipinski definition) is 9. The van der Waals surface area contributed by atoms with E-state index in [1.165, 1.54) is 24.0 Å². The van der Waals surface area contributed by atoms with Gasteiger partial charge in [0, 0.05) is 53.8 Å². The topological polar surface area (TPSA) is 210 Å². The monoisotopic (exact) mass is 703 g/mol. The highest BCUT2D eigenvalue weighted by Crippen LogP contribution is 2.72. The van der Waals surface area contributed by atoms with Gasteiger partial charge in [0.2, 0.25) is 0 Å². The summed E-state index contributed by atoms with van der Waals surface area (Å²) >= 11 is 0. The first-order valence-electron chi connectivity index (χ1n) is 17.0.